The number of aromatic nitrogens is 2. The number of anilines is 2. The van der Waals surface area contributed by atoms with E-state index in [9.17, 15) is 0 Å². The molecule has 0 aliphatic heterocycles. The third-order valence-electron chi connectivity index (χ3n) is 2.55. The largest absolute Gasteiger partial charge is 0.339 e. The normalized spacial score (nSPS) is 9.83. The summed E-state index contributed by atoms with van der Waals surface area (Å²) in [5.41, 5.74) is 2.12. The van der Waals surface area contributed by atoms with Crippen LogP contribution in [0.4, 0.5) is 11.5 Å². The number of halogens is 1. The monoisotopic (exact) mass is 258 g/mol. The van der Waals surface area contributed by atoms with Gasteiger partial charge in [-0.15, -0.1) is 0 Å². The van der Waals surface area contributed by atoms with Gasteiger partial charge in [0.2, 0.25) is 0 Å². The quantitative estimate of drug-likeness (QED) is 0.858. The maximum Gasteiger partial charge on any atom is 0.138 e. The molecule has 2 rings (SSSR count). The Labute approximate surface area is 110 Å². The fourth-order valence-electron chi connectivity index (χ4n) is 1.63. The van der Waals surface area contributed by atoms with Gasteiger partial charge in [-0.3, -0.25) is 0 Å². The van der Waals surface area contributed by atoms with Crippen molar-refractivity contribution in [3.63, 3.8) is 0 Å². The van der Waals surface area contributed by atoms with Gasteiger partial charge in [0.25, 0.3) is 0 Å². The van der Waals surface area contributed by atoms with E-state index < -0.39 is 0 Å². The van der Waals surface area contributed by atoms with Crippen LogP contribution in [0, 0.1) is 11.3 Å². The van der Waals surface area contributed by atoms with Crippen LogP contribution in [0.3, 0.4) is 0 Å². The number of hydrogen-bond donors (Lipinski definition) is 1. The van der Waals surface area contributed by atoms with Crippen LogP contribution in [0.25, 0.3) is 0 Å². The first-order valence-electron chi connectivity index (χ1n) is 5.51. The van der Waals surface area contributed by atoms with Crippen molar-refractivity contribution in [1.29, 1.82) is 5.26 Å². The maximum atomic E-state index is 9.03. The Balaban J connectivity index is 2.41. The van der Waals surface area contributed by atoms with Gasteiger partial charge < -0.3 is 5.32 Å². The molecule has 0 saturated heterocycles. The summed E-state index contributed by atoms with van der Waals surface area (Å²) in [6.07, 6.45) is 2.12. The molecule has 5 heteroatoms. The summed E-state index contributed by atoms with van der Waals surface area (Å²) in [5.74, 6) is 0.639. The Morgan fingerprint density at radius 1 is 1.33 bits per heavy atom. The first kappa shape index (κ1) is 12.3. The number of hydrogen-bond acceptors (Lipinski definition) is 4. The molecule has 90 valence electrons. The van der Waals surface area contributed by atoms with Crippen LogP contribution in [0.15, 0.2) is 30.6 Å². The highest BCUT2D eigenvalue weighted by Gasteiger charge is 2.09. The van der Waals surface area contributed by atoms with Gasteiger partial charge in [-0.25, -0.2) is 9.97 Å². The number of rotatable bonds is 3. The van der Waals surface area contributed by atoms with Crippen molar-refractivity contribution in [3.8, 4) is 6.07 Å². The lowest BCUT2D eigenvalue weighted by molar-refractivity contribution is 1.05. The minimum atomic E-state index is 0.435. The molecule has 0 atom stereocenters. The predicted octanol–water partition coefficient (Wildman–Crippen LogP) is 3.31. The Morgan fingerprint density at radius 2 is 2.11 bits per heavy atom. The van der Waals surface area contributed by atoms with E-state index in [2.05, 4.69) is 21.4 Å². The van der Waals surface area contributed by atoms with E-state index in [1.807, 2.05) is 25.1 Å². The van der Waals surface area contributed by atoms with E-state index in [4.69, 9.17) is 16.9 Å². The summed E-state index contributed by atoms with van der Waals surface area (Å²) < 4.78 is 0. The smallest absolute Gasteiger partial charge is 0.138 e. The van der Waals surface area contributed by atoms with Crippen molar-refractivity contribution in [2.24, 2.45) is 0 Å². The molecule has 4 nitrogen and oxygen atoms in total. The minimum Gasteiger partial charge on any atom is -0.339 e. The molecule has 0 unspecified atom stereocenters. The molecule has 0 aliphatic rings. The number of benzene rings is 1. The zero-order valence-electron chi connectivity index (χ0n) is 9.81. The van der Waals surface area contributed by atoms with Gasteiger partial charge in [0.1, 0.15) is 23.4 Å². The lowest BCUT2D eigenvalue weighted by atomic mass is 10.2. The van der Waals surface area contributed by atoms with Crippen LogP contribution in [0.1, 0.15) is 18.1 Å². The lowest BCUT2D eigenvalue weighted by Gasteiger charge is -2.11. The lowest BCUT2D eigenvalue weighted by Crippen LogP contribution is -2.01. The average Bonchev–Trinajstić information content (AvgIpc) is 2.40. The highest BCUT2D eigenvalue weighted by atomic mass is 35.5. The van der Waals surface area contributed by atoms with Crippen LogP contribution >= 0.6 is 11.6 Å². The van der Waals surface area contributed by atoms with E-state index in [0.717, 1.165) is 12.0 Å². The van der Waals surface area contributed by atoms with Crippen LogP contribution in [-0.4, -0.2) is 9.97 Å². The van der Waals surface area contributed by atoms with E-state index in [0.29, 0.717) is 22.2 Å². The molecule has 0 fully saturated rings. The van der Waals surface area contributed by atoms with Crippen LogP contribution in [0.5, 0.6) is 0 Å². The maximum absolute atomic E-state index is 9.03. The fraction of sp³-hybridized carbons (Fsp3) is 0.154. The SMILES string of the molecule is CCc1c(Cl)ncnc1Nc1ccccc1C#N. The molecule has 18 heavy (non-hydrogen) atoms. The molecular weight excluding hydrogens is 248 g/mol. The molecule has 1 heterocycles. The summed E-state index contributed by atoms with van der Waals surface area (Å²) >= 11 is 6.01. The third-order valence-corrected chi connectivity index (χ3v) is 2.87. The molecule has 0 bridgehead atoms. The van der Waals surface area contributed by atoms with E-state index >= 15 is 0 Å². The van der Waals surface area contributed by atoms with Crippen molar-refractivity contribution in [2.45, 2.75) is 13.3 Å². The number of nitrogens with one attached hydrogen (secondary N) is 1. The summed E-state index contributed by atoms with van der Waals surface area (Å²) in [4.78, 5) is 8.11. The van der Waals surface area contributed by atoms with Gasteiger partial charge >= 0.3 is 0 Å². The first-order valence-corrected chi connectivity index (χ1v) is 5.89. The van der Waals surface area contributed by atoms with Gasteiger partial charge in [-0.1, -0.05) is 30.7 Å². The Kier molecular flexibility index (Phi) is 3.75. The molecular formula is C13H11ClN4. The molecule has 1 N–H and O–H groups in total. The zero-order valence-corrected chi connectivity index (χ0v) is 10.6. The molecule has 0 aliphatic carbocycles. The second-order valence-electron chi connectivity index (χ2n) is 3.63. The van der Waals surface area contributed by atoms with E-state index in [-0.39, 0.29) is 0 Å². The highest BCUT2D eigenvalue weighted by molar-refractivity contribution is 6.30. The minimum absolute atomic E-state index is 0.435. The van der Waals surface area contributed by atoms with Crippen molar-refractivity contribution < 1.29 is 0 Å². The first-order chi connectivity index (χ1) is 8.76. The molecule has 0 saturated carbocycles. The summed E-state index contributed by atoms with van der Waals surface area (Å²) in [6, 6.07) is 9.38. The van der Waals surface area contributed by atoms with Gasteiger partial charge in [0.15, 0.2) is 0 Å². The molecule has 2 aromatic rings. The third kappa shape index (κ3) is 2.41. The van der Waals surface area contributed by atoms with Crippen LogP contribution in [0.2, 0.25) is 5.15 Å². The molecule has 0 radical (unpaired) electrons. The molecule has 0 spiro atoms. The number of para-hydroxylation sites is 1. The second-order valence-corrected chi connectivity index (χ2v) is 3.99. The predicted molar refractivity (Wildman–Crippen MR) is 70.9 cm³/mol. The van der Waals surface area contributed by atoms with Crippen LogP contribution < -0.4 is 5.32 Å². The number of nitrogens with zero attached hydrogens (tertiary/aromatic N) is 3. The molecule has 0 amide bonds. The Hall–Kier alpha value is -2.12. The van der Waals surface area contributed by atoms with Crippen LogP contribution in [-0.2, 0) is 6.42 Å². The Morgan fingerprint density at radius 3 is 2.83 bits per heavy atom. The fourth-order valence-corrected chi connectivity index (χ4v) is 1.90. The van der Waals surface area contributed by atoms with Crippen molar-refractivity contribution in [3.05, 3.63) is 46.9 Å². The van der Waals surface area contributed by atoms with Crippen molar-refractivity contribution >= 4 is 23.1 Å². The summed E-state index contributed by atoms with van der Waals surface area (Å²) in [7, 11) is 0. The zero-order chi connectivity index (χ0) is 13.0. The van der Waals surface area contributed by atoms with Gasteiger partial charge in [0.05, 0.1) is 11.3 Å². The summed E-state index contributed by atoms with van der Waals surface area (Å²) in [5, 5.41) is 12.6. The summed E-state index contributed by atoms with van der Waals surface area (Å²) in [6.45, 7) is 1.98. The molecule has 1 aromatic carbocycles. The molecule has 1 aromatic heterocycles. The topological polar surface area (TPSA) is 61.6 Å². The van der Waals surface area contributed by atoms with E-state index in [1.54, 1.807) is 6.07 Å². The van der Waals surface area contributed by atoms with Crippen molar-refractivity contribution in [2.75, 3.05) is 5.32 Å². The Bertz CT molecular complexity index is 604. The van der Waals surface area contributed by atoms with Gasteiger partial charge in [-0.05, 0) is 18.6 Å². The average molecular weight is 259 g/mol. The number of nitriles is 1. The van der Waals surface area contributed by atoms with Gasteiger partial charge in [-0.2, -0.15) is 5.26 Å². The van der Waals surface area contributed by atoms with E-state index in [1.165, 1.54) is 6.33 Å². The standard InChI is InChI=1S/C13H11ClN4/c1-2-10-12(14)16-8-17-13(10)18-11-6-4-3-5-9(11)7-15/h3-6,8H,2H2,1H3,(H,16,17,18). The van der Waals surface area contributed by atoms with Gasteiger partial charge in [0, 0.05) is 5.56 Å². The second kappa shape index (κ2) is 5.48. The highest BCUT2D eigenvalue weighted by Crippen LogP contribution is 2.25. The van der Waals surface area contributed by atoms with Crippen molar-refractivity contribution in [1.82, 2.24) is 9.97 Å².